The van der Waals surface area contributed by atoms with Crippen molar-refractivity contribution < 1.29 is 14.7 Å². The molecule has 0 bridgehead atoms. The fraction of sp³-hybridized carbons (Fsp3) is 0.429. The maximum atomic E-state index is 12.1. The highest BCUT2D eigenvalue weighted by Gasteiger charge is 2.20. The van der Waals surface area contributed by atoms with Crippen LogP contribution in [0, 0.1) is 13.8 Å². The Kier molecular flexibility index (Phi) is 5.56. The minimum atomic E-state index is -1.03. The molecule has 0 fully saturated rings. The molecule has 0 radical (unpaired) electrons. The van der Waals surface area contributed by atoms with E-state index in [0.717, 1.165) is 15.6 Å². The van der Waals surface area contributed by atoms with Gasteiger partial charge in [0.1, 0.15) is 6.54 Å². The number of hydrogen-bond donors (Lipinski definition) is 2. The molecule has 20 heavy (non-hydrogen) atoms. The Hall–Kier alpha value is -1.56. The number of carbonyl (C=O) groups excluding carboxylic acids is 1. The van der Waals surface area contributed by atoms with Crippen molar-refractivity contribution in [2.24, 2.45) is 0 Å². The van der Waals surface area contributed by atoms with Gasteiger partial charge in [-0.15, -0.1) is 0 Å². The number of aryl methyl sites for hydroxylation is 2. The summed E-state index contributed by atoms with van der Waals surface area (Å²) in [6.07, 6.45) is 0. The third kappa shape index (κ3) is 4.23. The Bertz CT molecular complexity index is 506. The minimum absolute atomic E-state index is 0.191. The number of nitrogens with one attached hydrogen (secondary N) is 1. The van der Waals surface area contributed by atoms with E-state index in [9.17, 15) is 9.59 Å². The van der Waals surface area contributed by atoms with Gasteiger partial charge in [-0.1, -0.05) is 15.9 Å². The molecule has 0 aliphatic rings. The molecule has 0 saturated heterocycles. The molecule has 0 aromatic heterocycles. The molecule has 1 aromatic carbocycles. The number of benzene rings is 1. The predicted octanol–water partition coefficient (Wildman–Crippen LogP) is 3.39. The molecule has 2 amide bonds. The van der Waals surface area contributed by atoms with E-state index in [1.165, 1.54) is 4.90 Å². The van der Waals surface area contributed by atoms with E-state index in [2.05, 4.69) is 21.2 Å². The Balaban J connectivity index is 2.91. The van der Waals surface area contributed by atoms with Crippen molar-refractivity contribution in [3.8, 4) is 0 Å². The van der Waals surface area contributed by atoms with E-state index in [-0.39, 0.29) is 12.6 Å². The first-order valence-corrected chi connectivity index (χ1v) is 7.07. The van der Waals surface area contributed by atoms with Crippen molar-refractivity contribution in [2.45, 2.75) is 33.7 Å². The van der Waals surface area contributed by atoms with Gasteiger partial charge in [0.15, 0.2) is 0 Å². The lowest BCUT2D eigenvalue weighted by Crippen LogP contribution is -2.43. The van der Waals surface area contributed by atoms with Crippen molar-refractivity contribution >= 4 is 33.6 Å². The van der Waals surface area contributed by atoms with E-state index in [4.69, 9.17) is 5.11 Å². The molecule has 5 nitrogen and oxygen atoms in total. The van der Waals surface area contributed by atoms with Crippen molar-refractivity contribution in [3.63, 3.8) is 0 Å². The summed E-state index contributed by atoms with van der Waals surface area (Å²) in [5.41, 5.74) is 2.67. The second kappa shape index (κ2) is 6.74. The fourth-order valence-corrected chi connectivity index (χ4v) is 2.08. The summed E-state index contributed by atoms with van der Waals surface area (Å²) in [4.78, 5) is 24.2. The van der Waals surface area contributed by atoms with Crippen molar-refractivity contribution in [1.29, 1.82) is 0 Å². The summed E-state index contributed by atoms with van der Waals surface area (Å²) in [5, 5.41) is 11.6. The van der Waals surface area contributed by atoms with Crippen LogP contribution in [-0.2, 0) is 4.79 Å². The van der Waals surface area contributed by atoms with Gasteiger partial charge in [-0.2, -0.15) is 0 Å². The largest absolute Gasteiger partial charge is 0.480 e. The number of halogens is 1. The lowest BCUT2D eigenvalue weighted by molar-refractivity contribution is -0.137. The van der Waals surface area contributed by atoms with E-state index in [0.29, 0.717) is 5.69 Å². The number of carboxylic acid groups (broad SMARTS) is 1. The Morgan fingerprint density at radius 1 is 1.30 bits per heavy atom. The topological polar surface area (TPSA) is 69.6 Å². The van der Waals surface area contributed by atoms with Gasteiger partial charge in [0.2, 0.25) is 0 Å². The third-order valence-corrected chi connectivity index (χ3v) is 4.13. The average molecular weight is 343 g/mol. The Morgan fingerprint density at radius 3 is 2.20 bits per heavy atom. The highest BCUT2D eigenvalue weighted by molar-refractivity contribution is 9.10. The first-order valence-electron chi connectivity index (χ1n) is 6.28. The van der Waals surface area contributed by atoms with Gasteiger partial charge in [0.05, 0.1) is 0 Å². The van der Waals surface area contributed by atoms with Crippen LogP contribution in [0.25, 0.3) is 0 Å². The zero-order valence-corrected chi connectivity index (χ0v) is 13.6. The first-order chi connectivity index (χ1) is 9.22. The normalized spacial score (nSPS) is 10.5. The number of amides is 2. The highest BCUT2D eigenvalue weighted by atomic mass is 79.9. The van der Waals surface area contributed by atoms with Crippen LogP contribution in [0.1, 0.15) is 25.0 Å². The van der Waals surface area contributed by atoms with E-state index in [1.54, 1.807) is 13.8 Å². The van der Waals surface area contributed by atoms with Crippen molar-refractivity contribution in [2.75, 3.05) is 11.9 Å². The standard InChI is InChI=1S/C14H19BrN2O3/c1-8(2)17(7-12(18)19)14(20)16-11-5-9(3)13(15)10(4)6-11/h5-6,8H,7H2,1-4H3,(H,16,20)(H,18,19). The molecule has 1 aromatic rings. The van der Waals surface area contributed by atoms with Gasteiger partial charge in [-0.05, 0) is 51.0 Å². The smallest absolute Gasteiger partial charge is 0.323 e. The molecular weight excluding hydrogens is 324 g/mol. The predicted molar refractivity (Wildman–Crippen MR) is 82.1 cm³/mol. The lowest BCUT2D eigenvalue weighted by atomic mass is 10.1. The molecule has 0 atom stereocenters. The van der Waals surface area contributed by atoms with Gasteiger partial charge in [-0.3, -0.25) is 4.79 Å². The van der Waals surface area contributed by atoms with Crippen molar-refractivity contribution in [1.82, 2.24) is 4.90 Å². The average Bonchev–Trinajstić information content (AvgIpc) is 2.32. The second-order valence-corrected chi connectivity index (χ2v) is 5.76. The van der Waals surface area contributed by atoms with Crippen LogP contribution in [0.3, 0.4) is 0 Å². The number of carbonyl (C=O) groups is 2. The molecule has 6 heteroatoms. The number of hydrogen-bond acceptors (Lipinski definition) is 2. The number of aliphatic carboxylic acids is 1. The Morgan fingerprint density at radius 2 is 1.80 bits per heavy atom. The minimum Gasteiger partial charge on any atom is -0.480 e. The second-order valence-electron chi connectivity index (χ2n) is 4.97. The SMILES string of the molecule is Cc1cc(NC(=O)N(CC(=O)O)C(C)C)cc(C)c1Br. The monoisotopic (exact) mass is 342 g/mol. The maximum absolute atomic E-state index is 12.1. The highest BCUT2D eigenvalue weighted by Crippen LogP contribution is 2.25. The Labute approximate surface area is 127 Å². The van der Waals surface area contributed by atoms with Crippen LogP contribution in [-0.4, -0.2) is 34.6 Å². The molecule has 0 unspecified atom stereocenters. The summed E-state index contributed by atoms with van der Waals surface area (Å²) < 4.78 is 1.00. The van der Waals surface area contributed by atoms with Crippen molar-refractivity contribution in [3.05, 3.63) is 27.7 Å². The third-order valence-electron chi connectivity index (χ3n) is 2.88. The summed E-state index contributed by atoms with van der Waals surface area (Å²) in [7, 11) is 0. The van der Waals surface area contributed by atoms with Crippen LogP contribution >= 0.6 is 15.9 Å². The molecule has 0 heterocycles. The van der Waals surface area contributed by atoms with Crippen LogP contribution in [0.15, 0.2) is 16.6 Å². The van der Waals surface area contributed by atoms with Crippen LogP contribution < -0.4 is 5.32 Å². The number of rotatable bonds is 4. The summed E-state index contributed by atoms with van der Waals surface area (Å²) >= 11 is 3.46. The first kappa shape index (κ1) is 16.5. The van der Waals surface area contributed by atoms with Gasteiger partial charge in [0, 0.05) is 16.2 Å². The number of carboxylic acids is 1. The molecule has 0 aliphatic carbocycles. The van der Waals surface area contributed by atoms with Crippen LogP contribution in [0.5, 0.6) is 0 Å². The molecule has 2 N–H and O–H groups in total. The fourth-order valence-electron chi connectivity index (χ4n) is 1.85. The number of nitrogens with zero attached hydrogens (tertiary/aromatic N) is 1. The molecule has 0 aliphatic heterocycles. The summed E-state index contributed by atoms with van der Waals surface area (Å²) in [5.74, 6) is -1.03. The van der Waals surface area contributed by atoms with Crippen LogP contribution in [0.2, 0.25) is 0 Å². The molecule has 110 valence electrons. The number of urea groups is 1. The van der Waals surface area contributed by atoms with Gasteiger partial charge >= 0.3 is 12.0 Å². The lowest BCUT2D eigenvalue weighted by Gasteiger charge is -2.25. The molecule has 0 spiro atoms. The maximum Gasteiger partial charge on any atom is 0.323 e. The van der Waals surface area contributed by atoms with Crippen LogP contribution in [0.4, 0.5) is 10.5 Å². The zero-order chi connectivity index (χ0) is 15.4. The molecule has 0 saturated carbocycles. The quantitative estimate of drug-likeness (QED) is 0.880. The number of anilines is 1. The summed E-state index contributed by atoms with van der Waals surface area (Å²) in [6, 6.07) is 3.08. The van der Waals surface area contributed by atoms with Gasteiger partial charge in [-0.25, -0.2) is 4.79 Å². The van der Waals surface area contributed by atoms with E-state index in [1.807, 2.05) is 26.0 Å². The summed E-state index contributed by atoms with van der Waals surface area (Å²) in [6.45, 7) is 7.10. The molecule has 1 rings (SSSR count). The van der Waals surface area contributed by atoms with E-state index >= 15 is 0 Å². The van der Waals surface area contributed by atoms with E-state index < -0.39 is 12.0 Å². The van der Waals surface area contributed by atoms with Gasteiger partial charge < -0.3 is 15.3 Å². The molecular formula is C14H19BrN2O3. The van der Waals surface area contributed by atoms with Gasteiger partial charge in [0.25, 0.3) is 0 Å². The zero-order valence-electron chi connectivity index (χ0n) is 12.0.